The van der Waals surface area contributed by atoms with Gasteiger partial charge in [-0.15, -0.1) is 0 Å². The fourth-order valence-corrected chi connectivity index (χ4v) is 1.15. The first kappa shape index (κ1) is 8.33. The fraction of sp³-hybridized carbons (Fsp3) is 0.857. The zero-order chi connectivity index (χ0) is 8.10. The molecule has 0 aromatic rings. The van der Waals surface area contributed by atoms with Crippen molar-refractivity contribution in [3.8, 4) is 0 Å². The van der Waals surface area contributed by atoms with Gasteiger partial charge in [-0.05, 0) is 6.42 Å². The molecular formula is C7H14N3O. The second-order valence-corrected chi connectivity index (χ2v) is 2.57. The number of hydrogen-bond donors (Lipinski definition) is 1. The molecule has 0 bridgehead atoms. The molecule has 1 aliphatic rings. The molecule has 2 amide bonds. The average molecular weight is 156 g/mol. The van der Waals surface area contributed by atoms with E-state index in [-0.39, 0.29) is 6.03 Å². The molecule has 0 aromatic heterocycles. The second kappa shape index (κ2) is 4.18. The van der Waals surface area contributed by atoms with Gasteiger partial charge < -0.3 is 10.2 Å². The lowest BCUT2D eigenvalue weighted by Crippen LogP contribution is -2.39. The van der Waals surface area contributed by atoms with E-state index in [0.717, 1.165) is 32.6 Å². The number of carbonyl (C=O) groups excluding carboxylic acids is 1. The van der Waals surface area contributed by atoms with E-state index in [2.05, 4.69) is 10.6 Å². The summed E-state index contributed by atoms with van der Waals surface area (Å²) in [6.45, 7) is 3.28. The SMILES string of the molecule is CNC(=O)N1CCC[N]CC1. The van der Waals surface area contributed by atoms with E-state index in [1.807, 2.05) is 0 Å². The van der Waals surface area contributed by atoms with Crippen molar-refractivity contribution in [2.24, 2.45) is 0 Å². The van der Waals surface area contributed by atoms with Gasteiger partial charge >= 0.3 is 6.03 Å². The summed E-state index contributed by atoms with van der Waals surface area (Å²) in [5.41, 5.74) is 0. The Balaban J connectivity index is 2.36. The highest BCUT2D eigenvalue weighted by atomic mass is 16.2. The zero-order valence-corrected chi connectivity index (χ0v) is 6.84. The van der Waals surface area contributed by atoms with Crippen molar-refractivity contribution in [3.63, 3.8) is 0 Å². The molecule has 1 aliphatic heterocycles. The van der Waals surface area contributed by atoms with E-state index in [4.69, 9.17) is 0 Å². The molecule has 0 saturated carbocycles. The third kappa shape index (κ3) is 2.38. The molecule has 1 N–H and O–H groups in total. The quantitative estimate of drug-likeness (QED) is 0.511. The van der Waals surface area contributed by atoms with Crippen LogP contribution in [0.1, 0.15) is 6.42 Å². The molecule has 4 heteroatoms. The van der Waals surface area contributed by atoms with Crippen LogP contribution in [0.25, 0.3) is 0 Å². The fourth-order valence-electron chi connectivity index (χ4n) is 1.15. The largest absolute Gasteiger partial charge is 0.341 e. The Kier molecular flexibility index (Phi) is 3.16. The van der Waals surface area contributed by atoms with Crippen LogP contribution in [0, 0.1) is 0 Å². The standard InChI is InChI=1S/C7H14N3O/c1-8-7(11)10-5-2-3-9-4-6-10/h2-6H2,1H3,(H,8,11). The van der Waals surface area contributed by atoms with Crippen molar-refractivity contribution in [1.82, 2.24) is 15.5 Å². The lowest BCUT2D eigenvalue weighted by atomic mass is 10.4. The molecule has 0 spiro atoms. The minimum atomic E-state index is 0.0158. The Morgan fingerprint density at radius 2 is 2.27 bits per heavy atom. The van der Waals surface area contributed by atoms with Crippen LogP contribution >= 0.6 is 0 Å². The van der Waals surface area contributed by atoms with Gasteiger partial charge in [-0.25, -0.2) is 10.1 Å². The number of nitrogens with one attached hydrogen (secondary N) is 1. The topological polar surface area (TPSA) is 46.4 Å². The predicted octanol–water partition coefficient (Wildman–Crippen LogP) is -0.364. The molecule has 1 fully saturated rings. The third-order valence-electron chi connectivity index (χ3n) is 1.77. The Hall–Kier alpha value is -0.770. The van der Waals surface area contributed by atoms with E-state index < -0.39 is 0 Å². The molecule has 63 valence electrons. The second-order valence-electron chi connectivity index (χ2n) is 2.57. The van der Waals surface area contributed by atoms with Crippen molar-refractivity contribution in [3.05, 3.63) is 0 Å². The van der Waals surface area contributed by atoms with Gasteiger partial charge in [-0.3, -0.25) is 0 Å². The van der Waals surface area contributed by atoms with Crippen LogP contribution in [0.5, 0.6) is 0 Å². The summed E-state index contributed by atoms with van der Waals surface area (Å²) < 4.78 is 0. The average Bonchev–Trinajstić information content (AvgIpc) is 2.30. The highest BCUT2D eigenvalue weighted by molar-refractivity contribution is 5.73. The Morgan fingerprint density at radius 1 is 1.45 bits per heavy atom. The molecular weight excluding hydrogens is 142 g/mol. The summed E-state index contributed by atoms with van der Waals surface area (Å²) in [5.74, 6) is 0. The highest BCUT2D eigenvalue weighted by Crippen LogP contribution is 1.95. The van der Waals surface area contributed by atoms with Crippen LogP contribution in [-0.2, 0) is 0 Å². The maximum absolute atomic E-state index is 11.1. The third-order valence-corrected chi connectivity index (χ3v) is 1.77. The first-order valence-electron chi connectivity index (χ1n) is 3.94. The monoisotopic (exact) mass is 156 g/mol. The zero-order valence-electron chi connectivity index (χ0n) is 6.84. The number of amides is 2. The van der Waals surface area contributed by atoms with Gasteiger partial charge in [-0.1, -0.05) is 0 Å². The van der Waals surface area contributed by atoms with Gasteiger partial charge in [0.25, 0.3) is 0 Å². The summed E-state index contributed by atoms with van der Waals surface area (Å²) in [7, 11) is 1.66. The van der Waals surface area contributed by atoms with Crippen LogP contribution in [0.15, 0.2) is 0 Å². The summed E-state index contributed by atoms with van der Waals surface area (Å²) >= 11 is 0. The van der Waals surface area contributed by atoms with Crippen LogP contribution in [0.2, 0.25) is 0 Å². The maximum atomic E-state index is 11.1. The van der Waals surface area contributed by atoms with Crippen molar-refractivity contribution in [2.75, 3.05) is 33.2 Å². The number of carbonyl (C=O) groups is 1. The normalized spacial score (nSPS) is 19.2. The van der Waals surface area contributed by atoms with Gasteiger partial charge in [-0.2, -0.15) is 0 Å². The maximum Gasteiger partial charge on any atom is 0.317 e. The minimum Gasteiger partial charge on any atom is -0.341 e. The highest BCUT2D eigenvalue weighted by Gasteiger charge is 2.12. The Morgan fingerprint density at radius 3 is 3.00 bits per heavy atom. The van der Waals surface area contributed by atoms with Gasteiger partial charge in [0.15, 0.2) is 0 Å². The molecule has 1 heterocycles. The molecule has 4 nitrogen and oxygen atoms in total. The van der Waals surface area contributed by atoms with E-state index in [0.29, 0.717) is 0 Å². The van der Waals surface area contributed by atoms with Gasteiger partial charge in [0.2, 0.25) is 0 Å². The van der Waals surface area contributed by atoms with E-state index >= 15 is 0 Å². The van der Waals surface area contributed by atoms with E-state index in [9.17, 15) is 4.79 Å². The summed E-state index contributed by atoms with van der Waals surface area (Å²) in [5, 5.41) is 6.82. The first-order chi connectivity index (χ1) is 5.34. The Bertz CT molecular complexity index is 130. The van der Waals surface area contributed by atoms with E-state index in [1.165, 1.54) is 0 Å². The lowest BCUT2D eigenvalue weighted by Gasteiger charge is -2.18. The molecule has 1 radical (unpaired) electrons. The van der Waals surface area contributed by atoms with Crippen LogP contribution < -0.4 is 10.6 Å². The van der Waals surface area contributed by atoms with E-state index in [1.54, 1.807) is 11.9 Å². The smallest absolute Gasteiger partial charge is 0.317 e. The molecule has 1 rings (SSSR count). The lowest BCUT2D eigenvalue weighted by molar-refractivity contribution is 0.203. The van der Waals surface area contributed by atoms with Crippen LogP contribution in [0.3, 0.4) is 0 Å². The van der Waals surface area contributed by atoms with Crippen molar-refractivity contribution in [2.45, 2.75) is 6.42 Å². The first-order valence-corrected chi connectivity index (χ1v) is 3.94. The summed E-state index contributed by atoms with van der Waals surface area (Å²) in [6, 6.07) is 0.0158. The van der Waals surface area contributed by atoms with Gasteiger partial charge in [0.1, 0.15) is 0 Å². The van der Waals surface area contributed by atoms with Crippen molar-refractivity contribution < 1.29 is 4.79 Å². The molecule has 0 unspecified atom stereocenters. The van der Waals surface area contributed by atoms with Crippen molar-refractivity contribution in [1.29, 1.82) is 0 Å². The minimum absolute atomic E-state index is 0.0158. The number of urea groups is 1. The summed E-state index contributed by atoms with van der Waals surface area (Å²) in [4.78, 5) is 12.9. The molecule has 0 atom stereocenters. The van der Waals surface area contributed by atoms with Crippen molar-refractivity contribution >= 4 is 6.03 Å². The molecule has 0 aromatic carbocycles. The number of nitrogens with zero attached hydrogens (tertiary/aromatic N) is 2. The molecule has 11 heavy (non-hydrogen) atoms. The summed E-state index contributed by atoms with van der Waals surface area (Å²) in [6.07, 6.45) is 0.993. The predicted molar refractivity (Wildman–Crippen MR) is 42.5 cm³/mol. The van der Waals surface area contributed by atoms with Gasteiger partial charge in [0.05, 0.1) is 0 Å². The number of rotatable bonds is 0. The molecule has 1 saturated heterocycles. The van der Waals surface area contributed by atoms with Crippen LogP contribution in [-0.4, -0.2) is 44.2 Å². The molecule has 0 aliphatic carbocycles. The van der Waals surface area contributed by atoms with Crippen LogP contribution in [0.4, 0.5) is 4.79 Å². The number of hydrogen-bond acceptors (Lipinski definition) is 1. The Labute approximate surface area is 66.9 Å². The van der Waals surface area contributed by atoms with Gasteiger partial charge in [0, 0.05) is 33.2 Å².